The van der Waals surface area contributed by atoms with Crippen LogP contribution < -0.4 is 10.6 Å². The Hall–Kier alpha value is -0.520. The Bertz CT molecular complexity index is 546. The number of nitrogens with zero attached hydrogens (tertiary/aromatic N) is 1. The molecule has 1 aliphatic heterocycles. The lowest BCUT2D eigenvalue weighted by molar-refractivity contribution is -0.117. The number of amides is 1. The lowest BCUT2D eigenvalue weighted by Gasteiger charge is -2.31. The first-order valence-electron chi connectivity index (χ1n) is 7.87. The molecule has 1 fully saturated rings. The van der Waals surface area contributed by atoms with Gasteiger partial charge in [0.15, 0.2) is 0 Å². The molecule has 1 aliphatic rings. The van der Waals surface area contributed by atoms with Crippen LogP contribution in [0.15, 0.2) is 12.1 Å². The predicted octanol–water partition coefficient (Wildman–Crippen LogP) is 3.91. The first kappa shape index (κ1) is 18.8. The van der Waals surface area contributed by atoms with Crippen molar-refractivity contribution in [2.45, 2.75) is 19.8 Å². The van der Waals surface area contributed by atoms with Crippen LogP contribution in [0.25, 0.3) is 0 Å². The average molecular weight is 379 g/mol. The molecule has 0 aliphatic carbocycles. The molecule has 2 N–H and O–H groups in total. The maximum Gasteiger partial charge on any atom is 0.238 e. The molecular formula is C16H22Cl3N3O. The Morgan fingerprint density at radius 2 is 1.83 bits per heavy atom. The van der Waals surface area contributed by atoms with Crippen molar-refractivity contribution >= 4 is 46.4 Å². The van der Waals surface area contributed by atoms with E-state index in [1.54, 1.807) is 6.07 Å². The number of hydrogen-bond acceptors (Lipinski definition) is 3. The fourth-order valence-electron chi connectivity index (χ4n) is 2.71. The molecule has 0 saturated carbocycles. The second-order valence-electron chi connectivity index (χ2n) is 5.82. The van der Waals surface area contributed by atoms with Crippen LogP contribution in [0.4, 0.5) is 5.69 Å². The summed E-state index contributed by atoms with van der Waals surface area (Å²) in [6, 6.07) is 3.11. The highest BCUT2D eigenvalue weighted by Gasteiger charge is 2.20. The normalized spacial score (nSPS) is 16.5. The summed E-state index contributed by atoms with van der Waals surface area (Å²) >= 11 is 17.9. The minimum atomic E-state index is -0.0876. The van der Waals surface area contributed by atoms with Crippen molar-refractivity contribution in [2.75, 3.05) is 38.0 Å². The molecule has 23 heavy (non-hydrogen) atoms. The van der Waals surface area contributed by atoms with E-state index in [1.807, 2.05) is 0 Å². The standard InChI is InChI=1S/C16H22Cl3N3O/c1-2-20-9-11-3-5-22(6-4-11)10-16(23)21-15-8-13(18)12(17)7-14(15)19/h7-8,11,20H,2-6,9-10H2,1H3,(H,21,23). The highest BCUT2D eigenvalue weighted by molar-refractivity contribution is 6.44. The lowest BCUT2D eigenvalue weighted by atomic mass is 9.97. The molecule has 1 aromatic rings. The summed E-state index contributed by atoms with van der Waals surface area (Å²) in [6.45, 7) is 6.44. The minimum Gasteiger partial charge on any atom is -0.324 e. The van der Waals surface area contributed by atoms with Gasteiger partial charge < -0.3 is 10.6 Å². The zero-order chi connectivity index (χ0) is 16.8. The number of halogens is 3. The number of carbonyl (C=O) groups excluding carboxylic acids is 1. The van der Waals surface area contributed by atoms with Crippen LogP contribution in [0.2, 0.25) is 15.1 Å². The Kier molecular flexibility index (Phi) is 7.44. The van der Waals surface area contributed by atoms with Gasteiger partial charge in [-0.2, -0.15) is 0 Å². The van der Waals surface area contributed by atoms with Crippen molar-refractivity contribution in [3.8, 4) is 0 Å². The number of hydrogen-bond donors (Lipinski definition) is 2. The van der Waals surface area contributed by atoms with Crippen LogP contribution in [0, 0.1) is 5.92 Å². The maximum atomic E-state index is 12.2. The topological polar surface area (TPSA) is 44.4 Å². The van der Waals surface area contributed by atoms with Gasteiger partial charge in [-0.25, -0.2) is 0 Å². The molecule has 0 radical (unpaired) electrons. The van der Waals surface area contributed by atoms with Gasteiger partial charge in [0.1, 0.15) is 0 Å². The molecule has 0 bridgehead atoms. The van der Waals surface area contributed by atoms with E-state index in [9.17, 15) is 4.79 Å². The summed E-state index contributed by atoms with van der Waals surface area (Å²) in [4.78, 5) is 14.4. The quantitative estimate of drug-likeness (QED) is 0.738. The van der Waals surface area contributed by atoms with E-state index in [0.29, 0.717) is 33.2 Å². The van der Waals surface area contributed by atoms with E-state index < -0.39 is 0 Å². The molecule has 1 aromatic carbocycles. The van der Waals surface area contributed by atoms with E-state index in [1.165, 1.54) is 6.07 Å². The summed E-state index contributed by atoms with van der Waals surface area (Å²) in [5, 5.41) is 7.32. The monoisotopic (exact) mass is 377 g/mol. The third-order valence-electron chi connectivity index (χ3n) is 4.04. The van der Waals surface area contributed by atoms with Crippen molar-refractivity contribution in [2.24, 2.45) is 5.92 Å². The van der Waals surface area contributed by atoms with E-state index in [-0.39, 0.29) is 5.91 Å². The molecule has 4 nitrogen and oxygen atoms in total. The molecule has 1 saturated heterocycles. The van der Waals surface area contributed by atoms with Crippen molar-refractivity contribution in [1.29, 1.82) is 0 Å². The molecule has 2 rings (SSSR count). The van der Waals surface area contributed by atoms with Crippen molar-refractivity contribution in [3.05, 3.63) is 27.2 Å². The van der Waals surface area contributed by atoms with Crippen molar-refractivity contribution in [3.63, 3.8) is 0 Å². The summed E-state index contributed by atoms with van der Waals surface area (Å²) in [5.74, 6) is 0.620. The van der Waals surface area contributed by atoms with Gasteiger partial charge in [-0.05, 0) is 57.1 Å². The predicted molar refractivity (Wildman–Crippen MR) is 97.8 cm³/mol. The molecule has 7 heteroatoms. The number of piperidine rings is 1. The fourth-order valence-corrected chi connectivity index (χ4v) is 3.30. The molecular weight excluding hydrogens is 357 g/mol. The van der Waals surface area contributed by atoms with Gasteiger partial charge in [0.2, 0.25) is 5.91 Å². The van der Waals surface area contributed by atoms with Crippen LogP contribution in [0.3, 0.4) is 0 Å². The zero-order valence-corrected chi connectivity index (χ0v) is 15.4. The van der Waals surface area contributed by atoms with Crippen LogP contribution in [0.1, 0.15) is 19.8 Å². The molecule has 128 valence electrons. The van der Waals surface area contributed by atoms with Crippen LogP contribution in [-0.4, -0.2) is 43.5 Å². The van der Waals surface area contributed by atoms with E-state index in [0.717, 1.165) is 39.0 Å². The highest BCUT2D eigenvalue weighted by Crippen LogP contribution is 2.32. The minimum absolute atomic E-state index is 0.0876. The Labute approximate surface area is 152 Å². The zero-order valence-electron chi connectivity index (χ0n) is 13.2. The van der Waals surface area contributed by atoms with Gasteiger partial charge in [-0.1, -0.05) is 41.7 Å². The second kappa shape index (κ2) is 9.09. The largest absolute Gasteiger partial charge is 0.324 e. The number of benzene rings is 1. The molecule has 0 atom stereocenters. The third-order valence-corrected chi connectivity index (χ3v) is 5.08. The van der Waals surface area contributed by atoms with Crippen LogP contribution >= 0.6 is 34.8 Å². The Morgan fingerprint density at radius 3 is 2.48 bits per heavy atom. The van der Waals surface area contributed by atoms with E-state index in [2.05, 4.69) is 22.5 Å². The van der Waals surface area contributed by atoms with Crippen molar-refractivity contribution < 1.29 is 4.79 Å². The number of nitrogens with one attached hydrogen (secondary N) is 2. The van der Waals surface area contributed by atoms with Crippen LogP contribution in [0.5, 0.6) is 0 Å². The van der Waals surface area contributed by atoms with Gasteiger partial charge in [0, 0.05) is 0 Å². The maximum absolute atomic E-state index is 12.2. The summed E-state index contributed by atoms with van der Waals surface area (Å²) < 4.78 is 0. The molecule has 0 spiro atoms. The Morgan fingerprint density at radius 1 is 1.17 bits per heavy atom. The number of anilines is 1. The first-order valence-corrected chi connectivity index (χ1v) is 9.00. The molecule has 0 unspecified atom stereocenters. The first-order chi connectivity index (χ1) is 11.0. The lowest BCUT2D eigenvalue weighted by Crippen LogP contribution is -2.41. The van der Waals surface area contributed by atoms with E-state index in [4.69, 9.17) is 34.8 Å². The number of rotatable bonds is 6. The number of likely N-dealkylation sites (tertiary alicyclic amines) is 1. The number of carbonyl (C=O) groups is 1. The summed E-state index contributed by atoms with van der Waals surface area (Å²) in [5.41, 5.74) is 0.494. The smallest absolute Gasteiger partial charge is 0.238 e. The van der Waals surface area contributed by atoms with Gasteiger partial charge >= 0.3 is 0 Å². The summed E-state index contributed by atoms with van der Waals surface area (Å²) in [6.07, 6.45) is 2.24. The summed E-state index contributed by atoms with van der Waals surface area (Å²) in [7, 11) is 0. The van der Waals surface area contributed by atoms with Gasteiger partial charge in [-0.15, -0.1) is 0 Å². The van der Waals surface area contributed by atoms with Crippen LogP contribution in [-0.2, 0) is 4.79 Å². The average Bonchev–Trinajstić information content (AvgIpc) is 2.52. The molecule has 1 heterocycles. The Balaban J connectivity index is 1.81. The van der Waals surface area contributed by atoms with Crippen molar-refractivity contribution in [1.82, 2.24) is 10.2 Å². The van der Waals surface area contributed by atoms with E-state index >= 15 is 0 Å². The highest BCUT2D eigenvalue weighted by atomic mass is 35.5. The van der Waals surface area contributed by atoms with Gasteiger partial charge in [0.05, 0.1) is 27.3 Å². The molecule has 0 aromatic heterocycles. The molecule has 1 amide bonds. The third kappa shape index (κ3) is 5.80. The SMILES string of the molecule is CCNCC1CCN(CC(=O)Nc2cc(Cl)c(Cl)cc2Cl)CC1. The van der Waals surface area contributed by atoms with Gasteiger partial charge in [-0.3, -0.25) is 9.69 Å². The van der Waals surface area contributed by atoms with Gasteiger partial charge in [0.25, 0.3) is 0 Å². The second-order valence-corrected chi connectivity index (χ2v) is 7.04. The fraction of sp³-hybridized carbons (Fsp3) is 0.562.